The maximum absolute atomic E-state index is 14.3. The van der Waals surface area contributed by atoms with E-state index in [1.165, 1.54) is 6.07 Å². The predicted molar refractivity (Wildman–Crippen MR) is 122 cm³/mol. The molecular formula is C25H25FN6. The van der Waals surface area contributed by atoms with Crippen LogP contribution in [0.3, 0.4) is 0 Å². The van der Waals surface area contributed by atoms with Crippen LogP contribution in [0.4, 0.5) is 10.1 Å². The van der Waals surface area contributed by atoms with Crippen molar-refractivity contribution in [2.75, 3.05) is 31.1 Å². The van der Waals surface area contributed by atoms with Crippen LogP contribution in [0.5, 0.6) is 0 Å². The first-order valence-electron chi connectivity index (χ1n) is 10.9. The summed E-state index contributed by atoms with van der Waals surface area (Å²) in [5.74, 6) is 0.645. The molecule has 3 aromatic carbocycles. The molecule has 0 bridgehead atoms. The van der Waals surface area contributed by atoms with Gasteiger partial charge in [-0.15, -0.1) is 5.10 Å². The van der Waals surface area contributed by atoms with Crippen molar-refractivity contribution in [3.63, 3.8) is 0 Å². The van der Waals surface area contributed by atoms with Gasteiger partial charge < -0.3 is 4.90 Å². The van der Waals surface area contributed by atoms with E-state index in [1.807, 2.05) is 53.2 Å². The molecule has 0 unspecified atom stereocenters. The molecule has 1 aromatic heterocycles. The minimum Gasteiger partial charge on any atom is -0.367 e. The Morgan fingerprint density at radius 1 is 0.781 bits per heavy atom. The lowest BCUT2D eigenvalue weighted by atomic mass is 10.0. The lowest BCUT2D eigenvalue weighted by molar-refractivity contribution is 0.201. The van der Waals surface area contributed by atoms with Crippen LogP contribution < -0.4 is 4.90 Å². The van der Waals surface area contributed by atoms with E-state index in [4.69, 9.17) is 0 Å². The average Bonchev–Trinajstić information content (AvgIpc) is 3.29. The Bertz CT molecular complexity index is 1140. The molecule has 7 heteroatoms. The molecule has 1 aliphatic rings. The molecule has 1 saturated heterocycles. The number of hydrogen-bond donors (Lipinski definition) is 0. The number of hydrogen-bond acceptors (Lipinski definition) is 5. The van der Waals surface area contributed by atoms with Gasteiger partial charge in [-0.05, 0) is 33.7 Å². The second kappa shape index (κ2) is 9.28. The Morgan fingerprint density at radius 3 is 2.16 bits per heavy atom. The number of halogens is 1. The maximum atomic E-state index is 14.3. The quantitative estimate of drug-likeness (QED) is 0.468. The van der Waals surface area contributed by atoms with Gasteiger partial charge in [-0.25, -0.2) is 9.07 Å². The Morgan fingerprint density at radius 2 is 1.44 bits per heavy atom. The van der Waals surface area contributed by atoms with E-state index in [0.29, 0.717) is 12.2 Å². The van der Waals surface area contributed by atoms with Gasteiger partial charge in [-0.3, -0.25) is 4.90 Å². The highest BCUT2D eigenvalue weighted by molar-refractivity contribution is 5.48. The van der Waals surface area contributed by atoms with Gasteiger partial charge in [-0.2, -0.15) is 0 Å². The van der Waals surface area contributed by atoms with Crippen LogP contribution in [0, 0.1) is 5.82 Å². The summed E-state index contributed by atoms with van der Waals surface area (Å²) in [7, 11) is 0. The molecule has 1 fully saturated rings. The van der Waals surface area contributed by atoms with Crippen molar-refractivity contribution < 1.29 is 4.39 Å². The number of aromatic nitrogens is 4. The molecule has 32 heavy (non-hydrogen) atoms. The summed E-state index contributed by atoms with van der Waals surface area (Å²) in [5.41, 5.74) is 2.96. The van der Waals surface area contributed by atoms with Crippen molar-refractivity contribution in [1.82, 2.24) is 25.1 Å². The van der Waals surface area contributed by atoms with Crippen LogP contribution in [-0.2, 0) is 6.54 Å². The zero-order valence-electron chi connectivity index (χ0n) is 17.8. The lowest BCUT2D eigenvalue weighted by Gasteiger charge is -2.40. The third-order valence-electron chi connectivity index (χ3n) is 5.97. The summed E-state index contributed by atoms with van der Waals surface area (Å²) in [6.45, 7) is 3.66. The molecule has 0 amide bonds. The van der Waals surface area contributed by atoms with E-state index in [0.717, 1.165) is 43.1 Å². The highest BCUT2D eigenvalue weighted by atomic mass is 19.1. The summed E-state index contributed by atoms with van der Waals surface area (Å²) in [5, 5.41) is 12.7. The minimum atomic E-state index is -0.174. The minimum absolute atomic E-state index is 0.0716. The maximum Gasteiger partial charge on any atom is 0.173 e. The van der Waals surface area contributed by atoms with Crippen LogP contribution in [0.15, 0.2) is 84.9 Å². The fourth-order valence-corrected chi connectivity index (χ4v) is 4.36. The molecule has 0 spiro atoms. The molecule has 4 aromatic rings. The zero-order valence-corrected chi connectivity index (χ0v) is 17.8. The van der Waals surface area contributed by atoms with Crippen LogP contribution in [0.25, 0.3) is 0 Å². The van der Waals surface area contributed by atoms with Crippen molar-refractivity contribution in [3.8, 4) is 0 Å². The normalized spacial score (nSPS) is 15.6. The first-order chi connectivity index (χ1) is 15.8. The molecule has 0 aliphatic carbocycles. The highest BCUT2D eigenvalue weighted by Gasteiger charge is 2.31. The summed E-state index contributed by atoms with van der Waals surface area (Å²) >= 11 is 0. The number of benzene rings is 3. The van der Waals surface area contributed by atoms with Gasteiger partial charge in [0.1, 0.15) is 5.82 Å². The van der Waals surface area contributed by atoms with Crippen LogP contribution in [-0.4, -0.2) is 51.3 Å². The van der Waals surface area contributed by atoms with Gasteiger partial charge in [0.05, 0.1) is 18.3 Å². The van der Waals surface area contributed by atoms with Gasteiger partial charge in [0.25, 0.3) is 0 Å². The predicted octanol–water partition coefficient (Wildman–Crippen LogP) is 3.77. The molecule has 0 radical (unpaired) electrons. The molecule has 1 aliphatic heterocycles. The van der Waals surface area contributed by atoms with Gasteiger partial charge in [-0.1, -0.05) is 72.8 Å². The molecule has 0 N–H and O–H groups in total. The van der Waals surface area contributed by atoms with Gasteiger partial charge in [0.15, 0.2) is 5.82 Å². The highest BCUT2D eigenvalue weighted by Crippen LogP contribution is 2.29. The third-order valence-corrected chi connectivity index (χ3v) is 5.97. The lowest BCUT2D eigenvalue weighted by Crippen LogP contribution is -2.48. The smallest absolute Gasteiger partial charge is 0.173 e. The molecule has 0 saturated carbocycles. The van der Waals surface area contributed by atoms with Crippen molar-refractivity contribution in [2.45, 2.75) is 12.6 Å². The Balaban J connectivity index is 1.42. The van der Waals surface area contributed by atoms with E-state index in [-0.39, 0.29) is 11.9 Å². The first-order valence-corrected chi connectivity index (χ1v) is 10.9. The van der Waals surface area contributed by atoms with Crippen LogP contribution >= 0.6 is 0 Å². The van der Waals surface area contributed by atoms with Crippen molar-refractivity contribution in [3.05, 3.63) is 108 Å². The fraction of sp³-hybridized carbons (Fsp3) is 0.240. The number of rotatable bonds is 6. The Hall–Kier alpha value is -3.58. The number of anilines is 1. The van der Waals surface area contributed by atoms with Crippen LogP contribution in [0.1, 0.15) is 23.0 Å². The van der Waals surface area contributed by atoms with E-state index in [2.05, 4.69) is 49.6 Å². The average molecular weight is 429 g/mol. The topological polar surface area (TPSA) is 50.1 Å². The summed E-state index contributed by atoms with van der Waals surface area (Å²) in [6, 6.07) is 27.5. The van der Waals surface area contributed by atoms with E-state index < -0.39 is 0 Å². The van der Waals surface area contributed by atoms with E-state index in [9.17, 15) is 4.39 Å². The Kier molecular flexibility index (Phi) is 5.89. The summed E-state index contributed by atoms with van der Waals surface area (Å²) < 4.78 is 16.2. The molecule has 1 atom stereocenters. The van der Waals surface area contributed by atoms with Crippen molar-refractivity contribution in [1.29, 1.82) is 0 Å². The molecule has 5 rings (SSSR count). The second-order valence-corrected chi connectivity index (χ2v) is 7.97. The number of piperazine rings is 1. The second-order valence-electron chi connectivity index (χ2n) is 7.97. The third kappa shape index (κ3) is 4.24. The van der Waals surface area contributed by atoms with Gasteiger partial charge in [0, 0.05) is 26.2 Å². The number of nitrogens with zero attached hydrogens (tertiary/aromatic N) is 6. The number of para-hydroxylation sites is 1. The summed E-state index contributed by atoms with van der Waals surface area (Å²) in [6.07, 6.45) is 0. The standard InChI is InChI=1S/C25H25FN6/c26-22-13-7-8-14-23(22)30-15-17-31(18-16-30)24(21-11-5-2-6-12-21)25-27-28-29-32(25)19-20-9-3-1-4-10-20/h1-14,24H,15-19H2/t24-/m0/s1. The molecule has 2 heterocycles. The van der Waals surface area contributed by atoms with Gasteiger partial charge >= 0.3 is 0 Å². The van der Waals surface area contributed by atoms with E-state index in [1.54, 1.807) is 6.07 Å². The SMILES string of the molecule is Fc1ccccc1N1CCN([C@@H](c2ccccc2)c2nnnn2Cc2ccccc2)CC1. The largest absolute Gasteiger partial charge is 0.367 e. The first kappa shape index (κ1) is 20.3. The molecule has 6 nitrogen and oxygen atoms in total. The molecule has 162 valence electrons. The Labute approximate surface area is 186 Å². The number of tetrazole rings is 1. The van der Waals surface area contributed by atoms with Crippen molar-refractivity contribution >= 4 is 5.69 Å². The van der Waals surface area contributed by atoms with Gasteiger partial charge in [0.2, 0.25) is 0 Å². The van der Waals surface area contributed by atoms with Crippen molar-refractivity contribution in [2.24, 2.45) is 0 Å². The monoisotopic (exact) mass is 428 g/mol. The fourth-order valence-electron chi connectivity index (χ4n) is 4.36. The summed E-state index contributed by atoms with van der Waals surface area (Å²) in [4.78, 5) is 4.50. The zero-order chi connectivity index (χ0) is 21.8. The molecular weight excluding hydrogens is 403 g/mol. The van der Waals surface area contributed by atoms with Crippen LogP contribution in [0.2, 0.25) is 0 Å². The van der Waals surface area contributed by atoms with E-state index >= 15 is 0 Å².